The highest BCUT2D eigenvalue weighted by molar-refractivity contribution is 5.96. The molecule has 1 aliphatic rings. The highest BCUT2D eigenvalue weighted by atomic mass is 16.2. The molecule has 130 valence electrons. The van der Waals surface area contributed by atoms with Gasteiger partial charge in [-0.2, -0.15) is 0 Å². The van der Waals surface area contributed by atoms with Crippen LogP contribution in [0.2, 0.25) is 0 Å². The van der Waals surface area contributed by atoms with E-state index in [1.165, 1.54) is 13.1 Å². The lowest BCUT2D eigenvalue weighted by Gasteiger charge is -2.24. The largest absolute Gasteiger partial charge is 0.372 e. The van der Waals surface area contributed by atoms with Crippen LogP contribution in [0.15, 0.2) is 30.7 Å². The maximum atomic E-state index is 12.9. The maximum absolute atomic E-state index is 12.9. The summed E-state index contributed by atoms with van der Waals surface area (Å²) in [6.45, 7) is 2.06. The molecule has 1 saturated heterocycles. The van der Waals surface area contributed by atoms with Crippen molar-refractivity contribution in [1.82, 2.24) is 19.9 Å². The van der Waals surface area contributed by atoms with Crippen molar-refractivity contribution in [3.63, 3.8) is 0 Å². The van der Waals surface area contributed by atoms with E-state index < -0.39 is 0 Å². The molecule has 0 saturated carbocycles. The van der Waals surface area contributed by atoms with E-state index in [9.17, 15) is 9.59 Å². The number of anilines is 2. The topological polar surface area (TPSA) is 100 Å². The number of nitrogens with one attached hydrogen (secondary N) is 2. The number of pyridine rings is 1. The molecule has 1 aliphatic heterocycles. The molecule has 2 amide bonds. The Balaban J connectivity index is 1.84. The molecule has 0 bridgehead atoms. The quantitative estimate of drug-likeness (QED) is 0.881. The van der Waals surface area contributed by atoms with Gasteiger partial charge in [-0.05, 0) is 25.0 Å². The van der Waals surface area contributed by atoms with E-state index in [0.29, 0.717) is 23.7 Å². The Morgan fingerprint density at radius 3 is 2.88 bits per heavy atom. The Bertz CT molecular complexity index is 794. The zero-order valence-corrected chi connectivity index (χ0v) is 14.2. The number of aromatic nitrogens is 3. The third-order valence-corrected chi connectivity index (χ3v) is 4.08. The fourth-order valence-corrected chi connectivity index (χ4v) is 2.96. The lowest BCUT2D eigenvalue weighted by molar-refractivity contribution is -0.114. The van der Waals surface area contributed by atoms with Crippen LogP contribution in [-0.2, 0) is 4.79 Å². The van der Waals surface area contributed by atoms with Crippen LogP contribution >= 0.6 is 0 Å². The predicted molar refractivity (Wildman–Crippen MR) is 93.1 cm³/mol. The van der Waals surface area contributed by atoms with E-state index in [-0.39, 0.29) is 17.9 Å². The van der Waals surface area contributed by atoms with Gasteiger partial charge in [0, 0.05) is 32.3 Å². The molecule has 1 atom stereocenters. The van der Waals surface area contributed by atoms with Crippen molar-refractivity contribution in [3.05, 3.63) is 42.0 Å². The number of nitrogens with zero attached hydrogens (tertiary/aromatic N) is 4. The molecule has 8 heteroatoms. The molecule has 0 spiro atoms. The number of hydrogen-bond acceptors (Lipinski definition) is 6. The Kier molecular flexibility index (Phi) is 4.87. The van der Waals surface area contributed by atoms with Crippen LogP contribution in [0.3, 0.4) is 0 Å². The third kappa shape index (κ3) is 3.73. The average Bonchev–Trinajstić information content (AvgIpc) is 3.10. The molecule has 25 heavy (non-hydrogen) atoms. The van der Waals surface area contributed by atoms with Gasteiger partial charge in [-0.15, -0.1) is 0 Å². The monoisotopic (exact) mass is 340 g/mol. The van der Waals surface area contributed by atoms with Crippen LogP contribution < -0.4 is 10.6 Å². The first-order chi connectivity index (χ1) is 12.1. The molecule has 3 heterocycles. The number of carbonyl (C=O) groups is 2. The molecule has 3 rings (SSSR count). The second kappa shape index (κ2) is 7.25. The summed E-state index contributed by atoms with van der Waals surface area (Å²) in [5, 5.41) is 5.56. The Morgan fingerprint density at radius 1 is 1.28 bits per heavy atom. The van der Waals surface area contributed by atoms with Gasteiger partial charge in [0.2, 0.25) is 5.91 Å². The van der Waals surface area contributed by atoms with E-state index in [1.54, 1.807) is 36.5 Å². The molecular formula is C17H20N6O2. The molecule has 1 fully saturated rings. The van der Waals surface area contributed by atoms with Crippen molar-refractivity contribution in [2.24, 2.45) is 0 Å². The van der Waals surface area contributed by atoms with Gasteiger partial charge < -0.3 is 15.5 Å². The standard InChI is InChI=1S/C17H20N6O2/c1-11(24)21-15-8-12(5-6-20-15)17(25)23-7-3-4-14(23)13-9-19-10-16(18-2)22-13/h5-6,8-10,14H,3-4,7H2,1-2H3,(H,18,22)(H,20,21,24). The van der Waals surface area contributed by atoms with Crippen molar-refractivity contribution in [1.29, 1.82) is 0 Å². The highest BCUT2D eigenvalue weighted by Crippen LogP contribution is 2.32. The van der Waals surface area contributed by atoms with Crippen LogP contribution in [0.1, 0.15) is 41.9 Å². The number of likely N-dealkylation sites (tertiary alicyclic amines) is 1. The van der Waals surface area contributed by atoms with E-state index >= 15 is 0 Å². The van der Waals surface area contributed by atoms with Gasteiger partial charge >= 0.3 is 0 Å². The van der Waals surface area contributed by atoms with Crippen molar-refractivity contribution in [3.8, 4) is 0 Å². The van der Waals surface area contributed by atoms with Crippen LogP contribution in [0.25, 0.3) is 0 Å². The summed E-state index contributed by atoms with van der Waals surface area (Å²) in [6, 6.07) is 3.14. The lowest BCUT2D eigenvalue weighted by Crippen LogP contribution is -2.31. The summed E-state index contributed by atoms with van der Waals surface area (Å²) < 4.78 is 0. The Morgan fingerprint density at radius 2 is 2.12 bits per heavy atom. The summed E-state index contributed by atoms with van der Waals surface area (Å²) in [4.78, 5) is 38.7. The number of carbonyl (C=O) groups excluding carboxylic acids is 2. The zero-order chi connectivity index (χ0) is 17.8. The van der Waals surface area contributed by atoms with Gasteiger partial charge in [-0.25, -0.2) is 9.97 Å². The minimum Gasteiger partial charge on any atom is -0.372 e. The first-order valence-corrected chi connectivity index (χ1v) is 8.13. The first-order valence-electron chi connectivity index (χ1n) is 8.13. The molecule has 0 radical (unpaired) electrons. The Labute approximate surface area is 145 Å². The van der Waals surface area contributed by atoms with Gasteiger partial charge in [0.05, 0.1) is 24.1 Å². The van der Waals surface area contributed by atoms with Gasteiger partial charge in [-0.3, -0.25) is 14.6 Å². The van der Waals surface area contributed by atoms with Crippen LogP contribution in [0.5, 0.6) is 0 Å². The lowest BCUT2D eigenvalue weighted by atomic mass is 10.1. The normalized spacial score (nSPS) is 16.6. The van der Waals surface area contributed by atoms with E-state index in [4.69, 9.17) is 0 Å². The molecule has 2 aromatic heterocycles. The molecule has 8 nitrogen and oxygen atoms in total. The SMILES string of the molecule is CNc1cncc(C2CCCN2C(=O)c2ccnc(NC(C)=O)c2)n1. The summed E-state index contributed by atoms with van der Waals surface area (Å²) >= 11 is 0. The molecular weight excluding hydrogens is 320 g/mol. The fourth-order valence-electron chi connectivity index (χ4n) is 2.96. The fraction of sp³-hybridized carbons (Fsp3) is 0.353. The molecule has 0 aromatic carbocycles. The van der Waals surface area contributed by atoms with Crippen molar-refractivity contribution < 1.29 is 9.59 Å². The molecule has 0 aliphatic carbocycles. The Hall–Kier alpha value is -3.03. The molecule has 2 N–H and O–H groups in total. The van der Waals surface area contributed by atoms with E-state index in [1.807, 2.05) is 0 Å². The number of rotatable bonds is 4. The van der Waals surface area contributed by atoms with Gasteiger partial charge in [0.25, 0.3) is 5.91 Å². The smallest absolute Gasteiger partial charge is 0.254 e. The van der Waals surface area contributed by atoms with Gasteiger partial charge in [0.15, 0.2) is 0 Å². The minimum atomic E-state index is -0.227. The van der Waals surface area contributed by atoms with Gasteiger partial charge in [0.1, 0.15) is 11.6 Å². The maximum Gasteiger partial charge on any atom is 0.254 e. The number of amides is 2. The average molecular weight is 340 g/mol. The summed E-state index contributed by atoms with van der Waals surface area (Å²) in [5.41, 5.74) is 1.26. The van der Waals surface area contributed by atoms with Crippen LogP contribution in [0.4, 0.5) is 11.6 Å². The predicted octanol–water partition coefficient (Wildman–Crippen LogP) is 1.85. The van der Waals surface area contributed by atoms with E-state index in [2.05, 4.69) is 25.6 Å². The van der Waals surface area contributed by atoms with Gasteiger partial charge in [-0.1, -0.05) is 0 Å². The second-order valence-corrected chi connectivity index (χ2v) is 5.85. The van der Waals surface area contributed by atoms with Crippen molar-refractivity contribution in [2.75, 3.05) is 24.2 Å². The minimum absolute atomic E-state index is 0.104. The van der Waals surface area contributed by atoms with Crippen molar-refractivity contribution >= 4 is 23.5 Å². The first kappa shape index (κ1) is 16.8. The highest BCUT2D eigenvalue weighted by Gasteiger charge is 2.32. The summed E-state index contributed by atoms with van der Waals surface area (Å²) in [7, 11) is 1.78. The van der Waals surface area contributed by atoms with Crippen molar-refractivity contribution in [2.45, 2.75) is 25.8 Å². The number of hydrogen-bond donors (Lipinski definition) is 2. The van der Waals surface area contributed by atoms with Crippen LogP contribution in [-0.4, -0.2) is 45.3 Å². The van der Waals surface area contributed by atoms with Crippen LogP contribution in [0, 0.1) is 0 Å². The molecule has 2 aromatic rings. The summed E-state index contributed by atoms with van der Waals surface area (Å²) in [5.74, 6) is 0.711. The third-order valence-electron chi connectivity index (χ3n) is 4.08. The molecule has 1 unspecified atom stereocenters. The zero-order valence-electron chi connectivity index (χ0n) is 14.2. The second-order valence-electron chi connectivity index (χ2n) is 5.85. The summed E-state index contributed by atoms with van der Waals surface area (Å²) in [6.07, 6.45) is 6.62. The van der Waals surface area contributed by atoms with E-state index in [0.717, 1.165) is 18.5 Å².